The van der Waals surface area contributed by atoms with Crippen LogP contribution in [0.25, 0.3) is 31.9 Å². The molecule has 1 aromatic carbocycles. The molecule has 0 spiro atoms. The monoisotopic (exact) mass is 828 g/mol. The number of hydrogen-bond acceptors (Lipinski definition) is 7. The Balaban J connectivity index is 1.92. The number of ether oxygens (including phenoxy) is 2. The second-order valence-electron chi connectivity index (χ2n) is 13.0. The van der Waals surface area contributed by atoms with Gasteiger partial charge in [-0.2, -0.15) is 0 Å². The van der Waals surface area contributed by atoms with Crippen molar-refractivity contribution in [3.63, 3.8) is 0 Å². The third-order valence-corrected chi connectivity index (χ3v) is 29.0. The van der Waals surface area contributed by atoms with Gasteiger partial charge in [0.15, 0.2) is 0 Å². The Morgan fingerprint density at radius 1 is 0.585 bits per heavy atom. The summed E-state index contributed by atoms with van der Waals surface area (Å²) in [6.45, 7) is 5.88. The van der Waals surface area contributed by atoms with Crippen molar-refractivity contribution in [3.8, 4) is 32.4 Å². The Hall–Kier alpha value is -0.363. The summed E-state index contributed by atoms with van der Waals surface area (Å²) in [6.07, 6.45) is 9.36. The summed E-state index contributed by atoms with van der Waals surface area (Å²) in [7, 11) is 0. The first-order valence-corrected chi connectivity index (χ1v) is 37.7. The molecular formula is C32H48N2O2S3Sn2. The Kier molecular flexibility index (Phi) is 12.3. The van der Waals surface area contributed by atoms with Crippen LogP contribution in [0.3, 0.4) is 0 Å². The molecule has 0 aliphatic carbocycles. The number of nitrogens with zero attached hydrogens (tertiary/aromatic N) is 2. The molecule has 0 atom stereocenters. The molecule has 0 amide bonds. The third-order valence-electron chi connectivity index (χ3n) is 7.29. The normalized spacial score (nSPS) is 12.4. The van der Waals surface area contributed by atoms with Crippen LogP contribution in [0, 0.1) is 0 Å². The number of fused-ring (bicyclic) bond motifs is 1. The van der Waals surface area contributed by atoms with Gasteiger partial charge >= 0.3 is 271 Å². The zero-order valence-corrected chi connectivity index (χ0v) is 34.5. The van der Waals surface area contributed by atoms with Crippen LogP contribution >= 0.6 is 34.4 Å². The summed E-state index contributed by atoms with van der Waals surface area (Å²) in [4.78, 5) is 17.4. The van der Waals surface area contributed by atoms with Crippen LogP contribution in [0.1, 0.15) is 65.2 Å². The quantitative estimate of drug-likeness (QED) is 0.0834. The summed E-state index contributed by atoms with van der Waals surface area (Å²) in [5.41, 5.74) is 4.07. The minimum atomic E-state index is -2.25. The van der Waals surface area contributed by atoms with E-state index < -0.39 is 36.8 Å². The molecule has 4 rings (SSSR count). The maximum absolute atomic E-state index is 6.81. The van der Waals surface area contributed by atoms with Gasteiger partial charge in [-0.15, -0.1) is 0 Å². The van der Waals surface area contributed by atoms with Gasteiger partial charge in [0.25, 0.3) is 0 Å². The van der Waals surface area contributed by atoms with Crippen molar-refractivity contribution in [2.24, 2.45) is 0 Å². The fraction of sp³-hybridized carbons (Fsp3) is 0.562. The van der Waals surface area contributed by atoms with E-state index in [2.05, 4.69) is 67.8 Å². The van der Waals surface area contributed by atoms with Gasteiger partial charge in [0.05, 0.1) is 0 Å². The summed E-state index contributed by atoms with van der Waals surface area (Å²) >= 11 is 0.674. The SMILES string of the molecule is CCCCCCOc1c(OCCCCCC)c(-c2cc[c]([Sn]([CH3])([CH3])[CH3])s2)c2nsnc2c1-c1cc[c]([Sn]([CH3])([CH3])[CH3])s1. The van der Waals surface area contributed by atoms with E-state index in [-0.39, 0.29) is 0 Å². The van der Waals surface area contributed by atoms with Crippen molar-refractivity contribution >= 4 is 88.0 Å². The second kappa shape index (κ2) is 15.1. The molecule has 0 N–H and O–H groups in total. The predicted octanol–water partition coefficient (Wildman–Crippen LogP) is 10.2. The molecule has 41 heavy (non-hydrogen) atoms. The fourth-order valence-corrected chi connectivity index (χ4v) is 18.1. The predicted molar refractivity (Wildman–Crippen MR) is 189 cm³/mol. The number of benzene rings is 1. The van der Waals surface area contributed by atoms with Crippen molar-refractivity contribution < 1.29 is 9.47 Å². The summed E-state index contributed by atoms with van der Waals surface area (Å²) in [6, 6.07) is 9.30. The van der Waals surface area contributed by atoms with Crippen molar-refractivity contribution in [1.29, 1.82) is 0 Å². The molecule has 0 unspecified atom stereocenters. The zero-order chi connectivity index (χ0) is 29.6. The van der Waals surface area contributed by atoms with Crippen LogP contribution in [-0.2, 0) is 0 Å². The number of unbranched alkanes of at least 4 members (excludes halogenated alkanes) is 6. The van der Waals surface area contributed by atoms with E-state index in [0.29, 0.717) is 13.2 Å². The Bertz CT molecular complexity index is 1310. The number of rotatable bonds is 16. The van der Waals surface area contributed by atoms with E-state index in [9.17, 15) is 0 Å². The van der Waals surface area contributed by atoms with Crippen LogP contribution in [0.4, 0.5) is 0 Å². The van der Waals surface area contributed by atoms with E-state index in [1.165, 1.54) is 60.0 Å². The average molecular weight is 826 g/mol. The van der Waals surface area contributed by atoms with Gasteiger partial charge in [-0.25, -0.2) is 0 Å². The van der Waals surface area contributed by atoms with Crippen molar-refractivity contribution in [2.75, 3.05) is 13.2 Å². The van der Waals surface area contributed by atoms with Gasteiger partial charge in [0.2, 0.25) is 0 Å². The standard InChI is InChI=1S/C26H30N2O2S3.6CH3.2Sn/c1-3-5-7-9-15-29-25-21(19-13-11-17-31-19)23-24(28-33-27-23)22(20-14-12-18-32-20)26(25)30-16-10-8-6-4-2;;;;;;;;/h11-14H,3-10,15-16H2,1-2H3;6*1H3;;. The Morgan fingerprint density at radius 3 is 1.34 bits per heavy atom. The van der Waals surface area contributed by atoms with Gasteiger partial charge in [0, 0.05) is 0 Å². The van der Waals surface area contributed by atoms with E-state index >= 15 is 0 Å². The number of aromatic nitrogens is 2. The van der Waals surface area contributed by atoms with Crippen LogP contribution < -0.4 is 15.3 Å². The summed E-state index contributed by atoms with van der Waals surface area (Å²) < 4.78 is 26.6. The van der Waals surface area contributed by atoms with Gasteiger partial charge < -0.3 is 0 Å². The molecule has 0 saturated carbocycles. The van der Waals surface area contributed by atoms with E-state index in [0.717, 1.165) is 46.5 Å². The average Bonchev–Trinajstić information content (AvgIpc) is 3.68. The Labute approximate surface area is 268 Å². The number of thiophene rings is 2. The molecule has 3 aromatic heterocycles. The van der Waals surface area contributed by atoms with Gasteiger partial charge in [-0.1, -0.05) is 0 Å². The van der Waals surface area contributed by atoms with Crippen LogP contribution in [0.2, 0.25) is 29.6 Å². The topological polar surface area (TPSA) is 44.2 Å². The van der Waals surface area contributed by atoms with Crippen LogP contribution in [-0.4, -0.2) is 58.7 Å². The van der Waals surface area contributed by atoms with Gasteiger partial charge in [0.1, 0.15) is 0 Å². The van der Waals surface area contributed by atoms with E-state index in [4.69, 9.17) is 18.2 Å². The van der Waals surface area contributed by atoms with Gasteiger partial charge in [-0.3, -0.25) is 0 Å². The molecule has 0 radical (unpaired) electrons. The first kappa shape index (κ1) is 33.5. The summed E-state index contributed by atoms with van der Waals surface area (Å²) in [5.74, 6) is 1.75. The third kappa shape index (κ3) is 8.42. The summed E-state index contributed by atoms with van der Waals surface area (Å²) in [5, 5.41) is 0. The molecule has 0 aliphatic heterocycles. The molecule has 0 saturated heterocycles. The fourth-order valence-electron chi connectivity index (χ4n) is 4.85. The molecule has 9 heteroatoms. The zero-order valence-electron chi connectivity index (χ0n) is 26.3. The van der Waals surface area contributed by atoms with Crippen LogP contribution in [0.15, 0.2) is 24.3 Å². The number of hydrogen-bond donors (Lipinski definition) is 0. The molecule has 4 nitrogen and oxygen atoms in total. The first-order valence-electron chi connectivity index (χ1n) is 15.4. The molecule has 0 bridgehead atoms. The van der Waals surface area contributed by atoms with Crippen molar-refractivity contribution in [2.45, 2.75) is 94.9 Å². The maximum atomic E-state index is 6.81. The van der Waals surface area contributed by atoms with E-state index in [1.54, 1.807) is 5.79 Å². The first-order chi connectivity index (χ1) is 19.6. The van der Waals surface area contributed by atoms with Crippen LogP contribution in [0.5, 0.6) is 11.5 Å². The van der Waals surface area contributed by atoms with Crippen molar-refractivity contribution in [3.05, 3.63) is 24.3 Å². The van der Waals surface area contributed by atoms with Crippen molar-refractivity contribution in [1.82, 2.24) is 8.75 Å². The molecular weight excluding hydrogens is 778 g/mol. The van der Waals surface area contributed by atoms with E-state index in [1.807, 2.05) is 22.7 Å². The molecule has 4 aromatic rings. The molecule has 3 heterocycles. The van der Waals surface area contributed by atoms with Gasteiger partial charge in [-0.05, 0) is 0 Å². The Morgan fingerprint density at radius 2 is 1.00 bits per heavy atom. The second-order valence-corrected chi connectivity index (χ2v) is 46.5. The molecule has 0 fully saturated rings. The molecule has 224 valence electrons. The minimum absolute atomic E-state index is 0.687. The molecule has 0 aliphatic rings.